The fourth-order valence-corrected chi connectivity index (χ4v) is 7.11. The molecule has 0 aromatic rings. The average molecular weight is 466 g/mol. The third kappa shape index (κ3) is 15.7. The van der Waals surface area contributed by atoms with E-state index in [1.54, 1.807) is 0 Å². The van der Waals surface area contributed by atoms with E-state index in [9.17, 15) is 0 Å². The molecule has 0 aromatic carbocycles. The number of thiol groups is 1. The number of hydrogen-bond donors (Lipinski definition) is 1. The Balaban J connectivity index is 4.57. The van der Waals surface area contributed by atoms with Crippen molar-refractivity contribution in [3.8, 4) is 0 Å². The Kier molecular flexibility index (Phi) is 17.2. The third-order valence-electron chi connectivity index (χ3n) is 4.46. The standard InChI is InChI=1S/C22H47NO3S2Si/c1-8-9-10-11-12-13-16-23(22(27)28)17-14-15-18-29(24-19(2)3,25-20(4)5)26-21(6)7/h19-21H,8-18H2,1-7H3,(H,27,28). The van der Waals surface area contributed by atoms with Gasteiger partial charge in [-0.2, -0.15) is 0 Å². The van der Waals surface area contributed by atoms with E-state index in [2.05, 4.69) is 66.0 Å². The SMILES string of the molecule is CCCCCCCCN(CCCC[Si](OC(C)C)(OC(C)C)OC(C)C)C(=S)S. The molecule has 0 heterocycles. The Morgan fingerprint density at radius 3 is 1.59 bits per heavy atom. The van der Waals surface area contributed by atoms with E-state index >= 15 is 0 Å². The summed E-state index contributed by atoms with van der Waals surface area (Å²) in [5.74, 6) is 0. The Hall–Kier alpha value is 0.337. The van der Waals surface area contributed by atoms with Gasteiger partial charge < -0.3 is 18.2 Å². The summed E-state index contributed by atoms with van der Waals surface area (Å²) >= 11 is 9.79. The van der Waals surface area contributed by atoms with Gasteiger partial charge in [0.25, 0.3) is 0 Å². The minimum absolute atomic E-state index is 0.0911. The van der Waals surface area contributed by atoms with Gasteiger partial charge in [0, 0.05) is 37.4 Å². The largest absolute Gasteiger partial charge is 0.501 e. The molecule has 0 aliphatic rings. The Labute approximate surface area is 193 Å². The van der Waals surface area contributed by atoms with Crippen molar-refractivity contribution >= 4 is 38.0 Å². The minimum Gasteiger partial charge on any atom is -0.371 e. The molecule has 4 nitrogen and oxygen atoms in total. The van der Waals surface area contributed by atoms with E-state index in [-0.39, 0.29) is 18.3 Å². The predicted octanol–water partition coefficient (Wildman–Crippen LogP) is 6.86. The molecule has 174 valence electrons. The highest BCUT2D eigenvalue weighted by Crippen LogP contribution is 2.24. The van der Waals surface area contributed by atoms with Crippen LogP contribution in [-0.2, 0) is 13.3 Å². The molecule has 0 spiro atoms. The van der Waals surface area contributed by atoms with Crippen LogP contribution >= 0.6 is 24.8 Å². The van der Waals surface area contributed by atoms with Crippen LogP contribution in [-0.4, -0.2) is 49.4 Å². The van der Waals surface area contributed by atoms with Crippen LogP contribution in [0.25, 0.3) is 0 Å². The molecular formula is C22H47NO3S2Si. The Bertz CT molecular complexity index is 396. The molecule has 0 fully saturated rings. The van der Waals surface area contributed by atoms with Crippen molar-refractivity contribution in [2.45, 2.75) is 124 Å². The number of hydrogen-bond acceptors (Lipinski definition) is 4. The first-order valence-corrected chi connectivity index (χ1v) is 14.4. The highest BCUT2D eigenvalue weighted by molar-refractivity contribution is 8.10. The molecule has 0 saturated heterocycles. The van der Waals surface area contributed by atoms with E-state index in [1.165, 1.54) is 38.5 Å². The number of unbranched alkanes of at least 4 members (excludes halogenated alkanes) is 6. The van der Waals surface area contributed by atoms with E-state index < -0.39 is 8.80 Å². The lowest BCUT2D eigenvalue weighted by Crippen LogP contribution is -2.50. The van der Waals surface area contributed by atoms with E-state index in [4.69, 9.17) is 25.5 Å². The predicted molar refractivity (Wildman–Crippen MR) is 135 cm³/mol. The first kappa shape index (κ1) is 29.3. The Morgan fingerprint density at radius 2 is 1.17 bits per heavy atom. The van der Waals surface area contributed by atoms with Crippen molar-refractivity contribution in [3.05, 3.63) is 0 Å². The van der Waals surface area contributed by atoms with Crippen molar-refractivity contribution in [3.63, 3.8) is 0 Å². The van der Waals surface area contributed by atoms with Crippen LogP contribution in [0.5, 0.6) is 0 Å². The first-order valence-electron chi connectivity index (χ1n) is 11.6. The molecule has 29 heavy (non-hydrogen) atoms. The molecular weight excluding hydrogens is 418 g/mol. The molecule has 0 aliphatic carbocycles. The van der Waals surface area contributed by atoms with Crippen LogP contribution < -0.4 is 0 Å². The molecule has 0 rings (SSSR count). The monoisotopic (exact) mass is 465 g/mol. The molecule has 0 bridgehead atoms. The van der Waals surface area contributed by atoms with Gasteiger partial charge in [-0.25, -0.2) is 0 Å². The molecule has 0 saturated carbocycles. The zero-order valence-corrected chi connectivity index (χ0v) is 22.7. The van der Waals surface area contributed by atoms with Crippen LogP contribution in [0.3, 0.4) is 0 Å². The van der Waals surface area contributed by atoms with Crippen molar-refractivity contribution < 1.29 is 13.3 Å². The van der Waals surface area contributed by atoms with Gasteiger partial charge in [0.15, 0.2) is 0 Å². The summed E-state index contributed by atoms with van der Waals surface area (Å²) < 4.78 is 19.5. The normalized spacial score (nSPS) is 12.4. The van der Waals surface area contributed by atoms with Crippen molar-refractivity contribution in [1.29, 1.82) is 0 Å². The van der Waals surface area contributed by atoms with Gasteiger partial charge in [0.2, 0.25) is 0 Å². The van der Waals surface area contributed by atoms with Gasteiger partial charge in [-0.05, 0) is 60.8 Å². The second-order valence-electron chi connectivity index (χ2n) is 8.68. The summed E-state index contributed by atoms with van der Waals surface area (Å²) in [6.45, 7) is 16.5. The van der Waals surface area contributed by atoms with Gasteiger partial charge in [-0.3, -0.25) is 0 Å². The van der Waals surface area contributed by atoms with Crippen LogP contribution in [0.2, 0.25) is 6.04 Å². The molecule has 0 amide bonds. The second-order valence-corrected chi connectivity index (χ2v) is 12.4. The van der Waals surface area contributed by atoms with E-state index in [0.29, 0.717) is 4.32 Å². The van der Waals surface area contributed by atoms with Gasteiger partial charge in [0.05, 0.1) is 0 Å². The minimum atomic E-state index is -2.70. The molecule has 0 atom stereocenters. The molecule has 0 unspecified atom stereocenters. The number of nitrogens with zero attached hydrogens (tertiary/aromatic N) is 1. The third-order valence-corrected chi connectivity index (χ3v) is 8.46. The highest BCUT2D eigenvalue weighted by atomic mass is 32.1. The molecule has 0 aliphatic heterocycles. The van der Waals surface area contributed by atoms with Gasteiger partial charge >= 0.3 is 8.80 Å². The zero-order chi connectivity index (χ0) is 22.3. The van der Waals surface area contributed by atoms with Crippen molar-refractivity contribution in [1.82, 2.24) is 4.90 Å². The number of thiocarbonyl (C=S) groups is 1. The Morgan fingerprint density at radius 1 is 0.759 bits per heavy atom. The van der Waals surface area contributed by atoms with E-state index in [0.717, 1.165) is 32.0 Å². The molecule has 0 radical (unpaired) electrons. The maximum Gasteiger partial charge on any atom is 0.501 e. The van der Waals surface area contributed by atoms with E-state index in [1.807, 2.05) is 0 Å². The smallest absolute Gasteiger partial charge is 0.371 e. The van der Waals surface area contributed by atoms with Crippen LogP contribution in [0.4, 0.5) is 0 Å². The molecule has 7 heteroatoms. The summed E-state index contributed by atoms with van der Waals surface area (Å²) in [4.78, 5) is 2.23. The lowest BCUT2D eigenvalue weighted by molar-refractivity contribution is 0.00276. The lowest BCUT2D eigenvalue weighted by atomic mass is 10.1. The molecule has 0 N–H and O–H groups in total. The maximum atomic E-state index is 6.27. The van der Waals surface area contributed by atoms with Crippen LogP contribution in [0.1, 0.15) is 99.8 Å². The highest BCUT2D eigenvalue weighted by Gasteiger charge is 2.43. The maximum absolute atomic E-state index is 6.27. The van der Waals surface area contributed by atoms with Crippen molar-refractivity contribution in [2.75, 3.05) is 13.1 Å². The summed E-state index contributed by atoms with van der Waals surface area (Å²) in [7, 11) is -2.70. The first-order chi connectivity index (χ1) is 13.6. The zero-order valence-electron chi connectivity index (χ0n) is 20.0. The van der Waals surface area contributed by atoms with Crippen LogP contribution in [0, 0.1) is 0 Å². The summed E-state index contributed by atoms with van der Waals surface area (Å²) in [5.41, 5.74) is 0. The quantitative estimate of drug-likeness (QED) is 0.103. The fraction of sp³-hybridized carbons (Fsp3) is 0.955. The lowest BCUT2D eigenvalue weighted by Gasteiger charge is -2.34. The molecule has 0 aromatic heterocycles. The topological polar surface area (TPSA) is 30.9 Å². The fourth-order valence-electron chi connectivity index (χ4n) is 3.37. The average Bonchev–Trinajstić information content (AvgIpc) is 2.57. The summed E-state index contributed by atoms with van der Waals surface area (Å²) in [5, 5.41) is 0. The second kappa shape index (κ2) is 17.0. The summed E-state index contributed by atoms with van der Waals surface area (Å²) in [6, 6.07) is 0.839. The van der Waals surface area contributed by atoms with Crippen molar-refractivity contribution in [2.24, 2.45) is 0 Å². The van der Waals surface area contributed by atoms with Gasteiger partial charge in [0.1, 0.15) is 4.32 Å². The van der Waals surface area contributed by atoms with Gasteiger partial charge in [-0.1, -0.05) is 51.2 Å². The number of rotatable bonds is 18. The summed E-state index contributed by atoms with van der Waals surface area (Å²) in [6.07, 6.45) is 10.1. The van der Waals surface area contributed by atoms with Crippen LogP contribution in [0.15, 0.2) is 0 Å². The van der Waals surface area contributed by atoms with Gasteiger partial charge in [-0.15, -0.1) is 12.6 Å².